The van der Waals surface area contributed by atoms with E-state index in [4.69, 9.17) is 4.98 Å². The monoisotopic (exact) mass is 414 g/mol. The van der Waals surface area contributed by atoms with E-state index in [0.29, 0.717) is 0 Å². The zero-order valence-electron chi connectivity index (χ0n) is 17.0. The Morgan fingerprint density at radius 2 is 1.73 bits per heavy atom. The summed E-state index contributed by atoms with van der Waals surface area (Å²) in [5.74, 6) is 0.259. The van der Waals surface area contributed by atoms with E-state index >= 15 is 0 Å². The molecule has 1 unspecified atom stereocenters. The number of hydrogen-bond acceptors (Lipinski definition) is 5. The summed E-state index contributed by atoms with van der Waals surface area (Å²) in [6, 6.07) is 19.7. The SMILES string of the molecule is Cc1nn(C)c(C)c1C(Nc1nc2ccccc2s1)c1c(O)ccc2ccccc12. The molecule has 0 fully saturated rings. The van der Waals surface area contributed by atoms with Crippen LogP contribution in [0.15, 0.2) is 60.7 Å². The number of phenols is 1. The molecule has 3 aromatic carbocycles. The van der Waals surface area contributed by atoms with Crippen LogP contribution in [0.1, 0.15) is 28.6 Å². The van der Waals surface area contributed by atoms with Gasteiger partial charge in [0.1, 0.15) is 5.75 Å². The van der Waals surface area contributed by atoms with Crippen molar-refractivity contribution in [1.29, 1.82) is 0 Å². The van der Waals surface area contributed by atoms with E-state index in [1.54, 1.807) is 17.4 Å². The van der Waals surface area contributed by atoms with Gasteiger partial charge in [0.05, 0.1) is 22.0 Å². The summed E-state index contributed by atoms with van der Waals surface area (Å²) in [4.78, 5) is 4.78. The number of phenolic OH excluding ortho intramolecular Hbond substituents is 1. The zero-order chi connectivity index (χ0) is 20.8. The second-order valence-corrected chi connectivity index (χ2v) is 8.52. The lowest BCUT2D eigenvalue weighted by Gasteiger charge is -2.22. The highest BCUT2D eigenvalue weighted by Gasteiger charge is 2.27. The number of anilines is 1. The van der Waals surface area contributed by atoms with Crippen LogP contribution >= 0.6 is 11.3 Å². The van der Waals surface area contributed by atoms with Crippen LogP contribution in [0.2, 0.25) is 0 Å². The van der Waals surface area contributed by atoms with Crippen LogP contribution in [0.3, 0.4) is 0 Å². The van der Waals surface area contributed by atoms with Crippen molar-refractivity contribution in [2.75, 3.05) is 5.32 Å². The van der Waals surface area contributed by atoms with Gasteiger partial charge in [-0.3, -0.25) is 4.68 Å². The van der Waals surface area contributed by atoms with Crippen molar-refractivity contribution in [3.05, 3.63) is 83.2 Å². The molecule has 0 aliphatic carbocycles. The lowest BCUT2D eigenvalue weighted by Crippen LogP contribution is -2.15. The Kier molecular flexibility index (Phi) is 4.44. The number of rotatable bonds is 4. The molecule has 0 saturated heterocycles. The maximum Gasteiger partial charge on any atom is 0.184 e. The van der Waals surface area contributed by atoms with E-state index in [1.165, 1.54) is 0 Å². The number of thiazole rings is 1. The largest absolute Gasteiger partial charge is 0.508 e. The molecule has 30 heavy (non-hydrogen) atoms. The number of fused-ring (bicyclic) bond motifs is 2. The first kappa shape index (κ1) is 18.6. The fourth-order valence-corrected chi connectivity index (χ4v) is 5.04. The molecule has 0 bridgehead atoms. The van der Waals surface area contributed by atoms with Gasteiger partial charge in [0.2, 0.25) is 0 Å². The van der Waals surface area contributed by atoms with Gasteiger partial charge in [-0.05, 0) is 42.8 Å². The maximum atomic E-state index is 11.0. The molecule has 0 spiro atoms. The van der Waals surface area contributed by atoms with Gasteiger partial charge in [-0.25, -0.2) is 4.98 Å². The van der Waals surface area contributed by atoms with Gasteiger partial charge in [-0.1, -0.05) is 53.8 Å². The van der Waals surface area contributed by atoms with Crippen molar-refractivity contribution in [2.24, 2.45) is 7.05 Å². The van der Waals surface area contributed by atoms with Gasteiger partial charge >= 0.3 is 0 Å². The Morgan fingerprint density at radius 1 is 0.967 bits per heavy atom. The number of benzene rings is 3. The molecule has 5 nitrogen and oxygen atoms in total. The molecule has 5 rings (SSSR count). The van der Waals surface area contributed by atoms with Gasteiger partial charge in [0, 0.05) is 23.9 Å². The Hall–Kier alpha value is -3.38. The van der Waals surface area contributed by atoms with E-state index in [0.717, 1.165) is 48.6 Å². The Bertz CT molecular complexity index is 1350. The molecule has 2 heterocycles. The van der Waals surface area contributed by atoms with E-state index in [-0.39, 0.29) is 11.8 Å². The minimum absolute atomic E-state index is 0.259. The molecule has 150 valence electrons. The first-order valence-corrected chi connectivity index (χ1v) is 10.7. The van der Waals surface area contributed by atoms with Crippen molar-refractivity contribution in [3.8, 4) is 5.75 Å². The maximum absolute atomic E-state index is 11.0. The first-order valence-electron chi connectivity index (χ1n) is 9.85. The molecular formula is C24H22N4OS. The second-order valence-electron chi connectivity index (χ2n) is 7.49. The molecule has 1 atom stereocenters. The van der Waals surface area contributed by atoms with Crippen LogP contribution in [0.5, 0.6) is 5.75 Å². The fourth-order valence-electron chi connectivity index (χ4n) is 4.14. The molecule has 0 saturated carbocycles. The fraction of sp³-hybridized carbons (Fsp3) is 0.167. The van der Waals surface area contributed by atoms with Crippen LogP contribution < -0.4 is 5.32 Å². The topological polar surface area (TPSA) is 63.0 Å². The summed E-state index contributed by atoms with van der Waals surface area (Å²) >= 11 is 1.61. The number of nitrogens with zero attached hydrogens (tertiary/aromatic N) is 3. The van der Waals surface area contributed by atoms with Crippen molar-refractivity contribution < 1.29 is 5.11 Å². The molecule has 2 N–H and O–H groups in total. The molecule has 5 aromatic rings. The van der Waals surface area contributed by atoms with Crippen LogP contribution in [0, 0.1) is 13.8 Å². The summed E-state index contributed by atoms with van der Waals surface area (Å²) < 4.78 is 3.01. The Labute approximate surface area is 178 Å². The summed E-state index contributed by atoms with van der Waals surface area (Å²) in [7, 11) is 1.95. The normalized spacial score (nSPS) is 12.5. The third-order valence-electron chi connectivity index (χ3n) is 5.65. The van der Waals surface area contributed by atoms with E-state index in [9.17, 15) is 5.11 Å². The van der Waals surface area contributed by atoms with Crippen molar-refractivity contribution in [2.45, 2.75) is 19.9 Å². The number of aryl methyl sites for hydroxylation is 2. The van der Waals surface area contributed by atoms with Crippen molar-refractivity contribution in [3.63, 3.8) is 0 Å². The smallest absolute Gasteiger partial charge is 0.184 e. The summed E-state index contributed by atoms with van der Waals surface area (Å²) in [5, 5.41) is 22.1. The lowest BCUT2D eigenvalue weighted by molar-refractivity contribution is 0.468. The van der Waals surface area contributed by atoms with Gasteiger partial charge in [0.25, 0.3) is 0 Å². The predicted molar refractivity (Wildman–Crippen MR) is 123 cm³/mol. The Balaban J connectivity index is 1.74. The zero-order valence-corrected chi connectivity index (χ0v) is 17.9. The first-order chi connectivity index (χ1) is 14.5. The molecule has 0 aliphatic rings. The average Bonchev–Trinajstić information content (AvgIpc) is 3.26. The van der Waals surface area contributed by atoms with Gasteiger partial charge < -0.3 is 10.4 Å². The standard InChI is InChI=1S/C24H22N4OS/c1-14-21(15(2)28(3)27-14)23(26-24-25-18-10-6-7-11-20(18)30-24)22-17-9-5-4-8-16(17)12-13-19(22)29/h4-13,23,29H,1-3H3,(H,25,26). The van der Waals surface area contributed by atoms with Gasteiger partial charge in [-0.2, -0.15) is 5.10 Å². The van der Waals surface area contributed by atoms with Gasteiger partial charge in [0.15, 0.2) is 5.13 Å². The van der Waals surface area contributed by atoms with E-state index in [1.807, 2.05) is 55.1 Å². The van der Waals surface area contributed by atoms with Crippen molar-refractivity contribution >= 4 is 37.5 Å². The quantitative estimate of drug-likeness (QED) is 0.396. The molecular weight excluding hydrogens is 392 g/mol. The van der Waals surface area contributed by atoms with Crippen molar-refractivity contribution in [1.82, 2.24) is 14.8 Å². The molecule has 6 heteroatoms. The van der Waals surface area contributed by atoms with Gasteiger partial charge in [-0.15, -0.1) is 0 Å². The Morgan fingerprint density at radius 3 is 2.50 bits per heavy atom. The highest BCUT2D eigenvalue weighted by Crippen LogP contribution is 2.40. The molecule has 0 aliphatic heterocycles. The number of aromatic nitrogens is 3. The molecule has 0 amide bonds. The summed E-state index contributed by atoms with van der Waals surface area (Å²) in [5.41, 5.74) is 4.85. The van der Waals surface area contributed by atoms with E-state index in [2.05, 4.69) is 35.5 Å². The average molecular weight is 415 g/mol. The highest BCUT2D eigenvalue weighted by molar-refractivity contribution is 7.22. The third kappa shape index (κ3) is 3.00. The van der Waals surface area contributed by atoms with Crippen LogP contribution in [-0.4, -0.2) is 19.9 Å². The summed E-state index contributed by atoms with van der Waals surface area (Å²) in [6.07, 6.45) is 0. The third-order valence-corrected chi connectivity index (χ3v) is 6.62. The lowest BCUT2D eigenvalue weighted by atomic mass is 9.91. The number of nitrogens with one attached hydrogen (secondary N) is 1. The van der Waals surface area contributed by atoms with Crippen LogP contribution in [-0.2, 0) is 7.05 Å². The minimum atomic E-state index is -0.287. The minimum Gasteiger partial charge on any atom is -0.508 e. The molecule has 2 aromatic heterocycles. The number of hydrogen-bond donors (Lipinski definition) is 2. The van der Waals surface area contributed by atoms with Crippen LogP contribution in [0.25, 0.3) is 21.0 Å². The second kappa shape index (κ2) is 7.15. The highest BCUT2D eigenvalue weighted by atomic mass is 32.1. The number of para-hydroxylation sites is 1. The predicted octanol–water partition coefficient (Wildman–Crippen LogP) is 5.71. The van der Waals surface area contributed by atoms with Crippen LogP contribution in [0.4, 0.5) is 5.13 Å². The summed E-state index contributed by atoms with van der Waals surface area (Å²) in [6.45, 7) is 4.07. The molecule has 0 radical (unpaired) electrons. The number of aromatic hydroxyl groups is 1. The van der Waals surface area contributed by atoms with E-state index < -0.39 is 0 Å².